The molecule has 1 nitrogen and oxygen atoms in total. The minimum atomic E-state index is 0.332. The fourth-order valence-corrected chi connectivity index (χ4v) is 3.32. The van der Waals surface area contributed by atoms with Gasteiger partial charge in [-0.2, -0.15) is 0 Å². The predicted molar refractivity (Wildman–Crippen MR) is 67.5 cm³/mol. The molecule has 2 rings (SSSR count). The van der Waals surface area contributed by atoms with Crippen molar-refractivity contribution in [3.8, 4) is 0 Å². The molecule has 15 heavy (non-hydrogen) atoms. The minimum absolute atomic E-state index is 0.332. The van der Waals surface area contributed by atoms with Gasteiger partial charge in [0.1, 0.15) is 0 Å². The van der Waals surface area contributed by atoms with E-state index in [2.05, 4.69) is 22.9 Å². The number of rotatable bonds is 4. The lowest BCUT2D eigenvalue weighted by atomic mass is 9.98. The summed E-state index contributed by atoms with van der Waals surface area (Å²) in [6.07, 6.45) is 12.4. The number of alkyl halides is 1. The van der Waals surface area contributed by atoms with Crippen molar-refractivity contribution in [1.29, 1.82) is 0 Å². The second-order valence-electron chi connectivity index (χ2n) is 5.25. The topological polar surface area (TPSA) is 9.23 Å². The van der Waals surface area contributed by atoms with E-state index >= 15 is 0 Å². The SMILES string of the molecule is CCC(Br)CCC1CCC2(CCCC2)O1. The summed E-state index contributed by atoms with van der Waals surface area (Å²) < 4.78 is 6.28. The van der Waals surface area contributed by atoms with Crippen LogP contribution in [0.15, 0.2) is 0 Å². The Labute approximate surface area is 102 Å². The van der Waals surface area contributed by atoms with Gasteiger partial charge < -0.3 is 4.74 Å². The van der Waals surface area contributed by atoms with E-state index in [0.29, 0.717) is 16.5 Å². The first-order chi connectivity index (χ1) is 7.24. The molecule has 0 radical (unpaired) electrons. The number of halogens is 1. The van der Waals surface area contributed by atoms with E-state index < -0.39 is 0 Å². The van der Waals surface area contributed by atoms with Crippen LogP contribution in [0.2, 0.25) is 0 Å². The Morgan fingerprint density at radius 1 is 1.33 bits per heavy atom. The molecule has 2 heteroatoms. The summed E-state index contributed by atoms with van der Waals surface area (Å²) in [5.74, 6) is 0. The van der Waals surface area contributed by atoms with Gasteiger partial charge in [-0.3, -0.25) is 0 Å². The summed E-state index contributed by atoms with van der Waals surface area (Å²) in [5.41, 5.74) is 0.332. The van der Waals surface area contributed by atoms with Gasteiger partial charge >= 0.3 is 0 Å². The van der Waals surface area contributed by atoms with Crippen LogP contribution in [-0.2, 0) is 4.74 Å². The number of hydrogen-bond donors (Lipinski definition) is 0. The standard InChI is InChI=1S/C13H23BrO/c1-2-11(14)5-6-12-7-10-13(15-12)8-3-4-9-13/h11-12H,2-10H2,1H3. The van der Waals surface area contributed by atoms with Crippen molar-refractivity contribution in [2.45, 2.75) is 81.2 Å². The lowest BCUT2D eigenvalue weighted by Crippen LogP contribution is -2.25. The van der Waals surface area contributed by atoms with E-state index in [1.807, 2.05) is 0 Å². The van der Waals surface area contributed by atoms with Crippen molar-refractivity contribution >= 4 is 15.9 Å². The van der Waals surface area contributed by atoms with Crippen LogP contribution in [0.25, 0.3) is 0 Å². The maximum Gasteiger partial charge on any atom is 0.0687 e. The molecule has 1 aliphatic heterocycles. The molecule has 0 aromatic heterocycles. The zero-order valence-electron chi connectivity index (χ0n) is 9.80. The summed E-state index contributed by atoms with van der Waals surface area (Å²) in [6.45, 7) is 2.24. The van der Waals surface area contributed by atoms with Gasteiger partial charge in [-0.05, 0) is 44.9 Å². The van der Waals surface area contributed by atoms with Crippen LogP contribution in [0.4, 0.5) is 0 Å². The van der Waals surface area contributed by atoms with Crippen LogP contribution in [0.1, 0.15) is 64.7 Å². The van der Waals surface area contributed by atoms with Gasteiger partial charge in [0.05, 0.1) is 11.7 Å². The molecule has 2 unspecified atom stereocenters. The average molecular weight is 275 g/mol. The first-order valence-electron chi connectivity index (χ1n) is 6.56. The van der Waals surface area contributed by atoms with Crippen LogP contribution >= 0.6 is 15.9 Å². The molecule has 0 N–H and O–H groups in total. The van der Waals surface area contributed by atoms with E-state index in [1.165, 1.54) is 57.8 Å². The van der Waals surface area contributed by atoms with E-state index in [1.54, 1.807) is 0 Å². The summed E-state index contributed by atoms with van der Waals surface area (Å²) in [7, 11) is 0. The quantitative estimate of drug-likeness (QED) is 0.689. The van der Waals surface area contributed by atoms with E-state index in [0.717, 1.165) is 0 Å². The predicted octanol–water partition coefficient (Wildman–Crippen LogP) is 4.43. The monoisotopic (exact) mass is 274 g/mol. The van der Waals surface area contributed by atoms with Crippen molar-refractivity contribution in [3.05, 3.63) is 0 Å². The first kappa shape index (κ1) is 11.9. The second-order valence-corrected chi connectivity index (χ2v) is 6.55. The van der Waals surface area contributed by atoms with Crippen LogP contribution in [0.5, 0.6) is 0 Å². The van der Waals surface area contributed by atoms with Crippen molar-refractivity contribution in [3.63, 3.8) is 0 Å². The normalized spacial score (nSPS) is 31.2. The highest BCUT2D eigenvalue weighted by molar-refractivity contribution is 9.09. The van der Waals surface area contributed by atoms with Crippen molar-refractivity contribution in [1.82, 2.24) is 0 Å². The smallest absolute Gasteiger partial charge is 0.0687 e. The second kappa shape index (κ2) is 5.18. The van der Waals surface area contributed by atoms with Gasteiger partial charge in [0.2, 0.25) is 0 Å². The molecule has 1 aliphatic carbocycles. The Hall–Kier alpha value is 0.440. The first-order valence-corrected chi connectivity index (χ1v) is 7.47. The average Bonchev–Trinajstić information content (AvgIpc) is 2.86. The Kier molecular flexibility index (Phi) is 4.11. The molecule has 1 spiro atoms. The molecular formula is C13H23BrO. The Bertz CT molecular complexity index is 199. The molecule has 2 aliphatic rings. The van der Waals surface area contributed by atoms with E-state index in [4.69, 9.17) is 4.74 Å². The third kappa shape index (κ3) is 2.97. The number of ether oxygens (including phenoxy) is 1. The van der Waals surface area contributed by atoms with Gasteiger partial charge in [0, 0.05) is 4.83 Å². The Morgan fingerprint density at radius 3 is 2.73 bits per heavy atom. The van der Waals surface area contributed by atoms with Crippen LogP contribution in [0.3, 0.4) is 0 Å². The van der Waals surface area contributed by atoms with Gasteiger partial charge in [0.25, 0.3) is 0 Å². The minimum Gasteiger partial charge on any atom is -0.372 e. The van der Waals surface area contributed by atoms with Gasteiger partial charge in [-0.25, -0.2) is 0 Å². The lowest BCUT2D eigenvalue weighted by molar-refractivity contribution is -0.0393. The number of hydrogen-bond acceptors (Lipinski definition) is 1. The highest BCUT2D eigenvalue weighted by Crippen LogP contribution is 2.44. The van der Waals surface area contributed by atoms with Crippen LogP contribution < -0.4 is 0 Å². The van der Waals surface area contributed by atoms with Crippen molar-refractivity contribution in [2.24, 2.45) is 0 Å². The molecule has 1 saturated heterocycles. The Morgan fingerprint density at radius 2 is 2.07 bits per heavy atom. The fourth-order valence-electron chi connectivity index (χ4n) is 3.06. The molecule has 1 heterocycles. The van der Waals surface area contributed by atoms with Gasteiger partial charge in [0.15, 0.2) is 0 Å². The third-order valence-corrected chi connectivity index (χ3v) is 5.20. The Balaban J connectivity index is 1.73. The van der Waals surface area contributed by atoms with Gasteiger partial charge in [-0.1, -0.05) is 35.7 Å². The highest BCUT2D eigenvalue weighted by Gasteiger charge is 2.41. The maximum atomic E-state index is 6.28. The maximum absolute atomic E-state index is 6.28. The fraction of sp³-hybridized carbons (Fsp3) is 1.00. The highest BCUT2D eigenvalue weighted by atomic mass is 79.9. The molecule has 0 bridgehead atoms. The summed E-state index contributed by atoms with van der Waals surface area (Å²) in [5, 5.41) is 0. The lowest BCUT2D eigenvalue weighted by Gasteiger charge is -2.24. The van der Waals surface area contributed by atoms with Crippen molar-refractivity contribution < 1.29 is 4.74 Å². The zero-order chi connectivity index (χ0) is 10.7. The summed E-state index contributed by atoms with van der Waals surface area (Å²) in [6, 6.07) is 0. The molecular weight excluding hydrogens is 252 g/mol. The molecule has 2 fully saturated rings. The molecule has 1 saturated carbocycles. The van der Waals surface area contributed by atoms with Crippen molar-refractivity contribution in [2.75, 3.05) is 0 Å². The largest absolute Gasteiger partial charge is 0.372 e. The van der Waals surface area contributed by atoms with E-state index in [-0.39, 0.29) is 0 Å². The summed E-state index contributed by atoms with van der Waals surface area (Å²) >= 11 is 3.70. The third-order valence-electron chi connectivity index (χ3n) is 4.10. The molecule has 0 amide bonds. The molecule has 0 aromatic carbocycles. The van der Waals surface area contributed by atoms with E-state index in [9.17, 15) is 0 Å². The molecule has 2 atom stereocenters. The van der Waals surface area contributed by atoms with Crippen LogP contribution in [0, 0.1) is 0 Å². The molecule has 0 aromatic rings. The van der Waals surface area contributed by atoms with Gasteiger partial charge in [-0.15, -0.1) is 0 Å². The van der Waals surface area contributed by atoms with Crippen LogP contribution in [-0.4, -0.2) is 16.5 Å². The summed E-state index contributed by atoms with van der Waals surface area (Å²) in [4.78, 5) is 0.696. The molecule has 88 valence electrons. The zero-order valence-corrected chi connectivity index (χ0v) is 11.4.